The van der Waals surface area contributed by atoms with Gasteiger partial charge in [0.2, 0.25) is 0 Å². The zero-order valence-electron chi connectivity index (χ0n) is 5.18. The van der Waals surface area contributed by atoms with Crippen LogP contribution in [0.25, 0.3) is 0 Å². The molecule has 1 aliphatic heterocycles. The standard InChI is InChI=1S/C7H6ClIO/c8-3-7-4-9-2-1-6(7)5-10/h1-2,4-5H,3H2. The summed E-state index contributed by atoms with van der Waals surface area (Å²) in [5.74, 6) is 0.456. The van der Waals surface area contributed by atoms with Gasteiger partial charge in [-0.2, -0.15) is 0 Å². The topological polar surface area (TPSA) is 17.1 Å². The van der Waals surface area contributed by atoms with Crippen LogP contribution in [0.2, 0.25) is 0 Å². The Bertz CT molecular complexity index is 228. The Morgan fingerprint density at radius 1 is 1.70 bits per heavy atom. The van der Waals surface area contributed by atoms with Gasteiger partial charge in [-0.25, -0.2) is 0 Å². The number of rotatable bonds is 2. The van der Waals surface area contributed by atoms with Crippen molar-refractivity contribution in [2.24, 2.45) is 0 Å². The molecule has 0 fully saturated rings. The second-order valence-electron chi connectivity index (χ2n) is 1.76. The molecule has 10 heavy (non-hydrogen) atoms. The maximum absolute atomic E-state index is 10.4. The Hall–Kier alpha value is 0.0400. The van der Waals surface area contributed by atoms with Gasteiger partial charge < -0.3 is 0 Å². The van der Waals surface area contributed by atoms with Crippen LogP contribution in [-0.4, -0.2) is 16.2 Å². The highest BCUT2D eigenvalue weighted by Crippen LogP contribution is 2.15. The molecular weight excluding hydrogens is 262 g/mol. The first-order valence-electron chi connectivity index (χ1n) is 2.74. The third kappa shape index (κ3) is 1.76. The first-order chi connectivity index (χ1) is 4.88. The van der Waals surface area contributed by atoms with Crippen LogP contribution in [0.4, 0.5) is 0 Å². The summed E-state index contributed by atoms with van der Waals surface area (Å²) in [5.41, 5.74) is 1.73. The minimum atomic E-state index is 0.0281. The summed E-state index contributed by atoms with van der Waals surface area (Å²) in [6, 6.07) is 0. The molecule has 0 aromatic rings. The molecule has 54 valence electrons. The molecule has 0 N–H and O–H groups in total. The van der Waals surface area contributed by atoms with Crippen LogP contribution in [0, 0.1) is 0 Å². The van der Waals surface area contributed by atoms with Crippen molar-refractivity contribution in [3.05, 3.63) is 21.3 Å². The van der Waals surface area contributed by atoms with Gasteiger partial charge in [-0.3, -0.25) is 4.79 Å². The van der Waals surface area contributed by atoms with Gasteiger partial charge in [-0.1, -0.05) is 20.7 Å². The fraction of sp³-hybridized carbons (Fsp3) is 0.143. The predicted molar refractivity (Wildman–Crippen MR) is 53.0 cm³/mol. The average Bonchev–Trinajstić information content (AvgIpc) is 2.04. The van der Waals surface area contributed by atoms with Gasteiger partial charge in [0.1, 0.15) is 6.29 Å². The molecule has 0 atom stereocenters. The lowest BCUT2D eigenvalue weighted by atomic mass is 10.2. The molecular formula is C7H6ClIO. The number of hydrogen-bond acceptors (Lipinski definition) is 1. The van der Waals surface area contributed by atoms with Crippen LogP contribution in [0.3, 0.4) is 0 Å². The van der Waals surface area contributed by atoms with Crippen molar-refractivity contribution < 1.29 is 4.79 Å². The van der Waals surface area contributed by atoms with Crippen molar-refractivity contribution in [3.8, 4) is 0 Å². The lowest BCUT2D eigenvalue weighted by Gasteiger charge is -2.00. The fourth-order valence-electron chi connectivity index (χ4n) is 0.608. The van der Waals surface area contributed by atoms with Crippen molar-refractivity contribution in [2.45, 2.75) is 0 Å². The predicted octanol–water partition coefficient (Wildman–Crippen LogP) is 2.02. The van der Waals surface area contributed by atoms with Gasteiger partial charge in [-0.15, -0.1) is 11.6 Å². The van der Waals surface area contributed by atoms with Gasteiger partial charge in [0.05, 0.1) is 0 Å². The Labute approximate surface area is 74.5 Å². The van der Waals surface area contributed by atoms with Crippen LogP contribution < -0.4 is 0 Å². The highest BCUT2D eigenvalue weighted by atomic mass is 127. The largest absolute Gasteiger partial charge is 0.298 e. The van der Waals surface area contributed by atoms with Crippen LogP contribution in [0.5, 0.6) is 0 Å². The van der Waals surface area contributed by atoms with Crippen molar-refractivity contribution in [2.75, 3.05) is 5.88 Å². The van der Waals surface area contributed by atoms with E-state index in [9.17, 15) is 4.79 Å². The highest BCUT2D eigenvalue weighted by Gasteiger charge is 2.00. The third-order valence-electron chi connectivity index (χ3n) is 1.15. The Morgan fingerprint density at radius 2 is 2.50 bits per heavy atom. The van der Waals surface area contributed by atoms with Gasteiger partial charge >= 0.3 is 0 Å². The molecule has 0 amide bonds. The van der Waals surface area contributed by atoms with Crippen LogP contribution in [-0.2, 0) is 4.79 Å². The molecule has 0 aliphatic carbocycles. The quantitative estimate of drug-likeness (QED) is 0.425. The average molecular weight is 268 g/mol. The summed E-state index contributed by atoms with van der Waals surface area (Å²) >= 11 is 5.62. The zero-order chi connectivity index (χ0) is 7.40. The van der Waals surface area contributed by atoms with Crippen molar-refractivity contribution >= 4 is 42.6 Å². The second kappa shape index (κ2) is 4.03. The molecule has 0 spiro atoms. The summed E-state index contributed by atoms with van der Waals surface area (Å²) in [7, 11) is 0. The van der Waals surface area contributed by atoms with E-state index in [-0.39, 0.29) is 20.7 Å². The van der Waals surface area contributed by atoms with E-state index in [4.69, 9.17) is 11.6 Å². The zero-order valence-corrected chi connectivity index (χ0v) is 8.09. The maximum atomic E-state index is 10.4. The van der Waals surface area contributed by atoms with Crippen molar-refractivity contribution in [1.29, 1.82) is 0 Å². The van der Waals surface area contributed by atoms with Gasteiger partial charge in [0, 0.05) is 11.5 Å². The molecule has 1 heterocycles. The number of alkyl halides is 1. The lowest BCUT2D eigenvalue weighted by molar-refractivity contribution is -0.104. The molecule has 0 saturated carbocycles. The summed E-state index contributed by atoms with van der Waals surface area (Å²) < 4.78 is 4.13. The summed E-state index contributed by atoms with van der Waals surface area (Å²) in [6.45, 7) is 0. The lowest BCUT2D eigenvalue weighted by Crippen LogP contribution is -1.94. The molecule has 1 nitrogen and oxygen atoms in total. The Morgan fingerprint density at radius 3 is 3.00 bits per heavy atom. The number of carbonyl (C=O) groups is 1. The minimum absolute atomic E-state index is 0.0281. The van der Waals surface area contributed by atoms with Crippen LogP contribution >= 0.6 is 32.3 Å². The third-order valence-corrected chi connectivity index (χ3v) is 3.33. The number of carbonyl (C=O) groups excluding carboxylic acids is 1. The van der Waals surface area contributed by atoms with E-state index in [0.717, 1.165) is 17.4 Å². The number of halogens is 2. The number of hydrogen-bond donors (Lipinski definition) is 0. The summed E-state index contributed by atoms with van der Waals surface area (Å²) in [6.07, 6.45) is 2.71. The van der Waals surface area contributed by atoms with E-state index in [1.807, 2.05) is 6.08 Å². The molecule has 0 radical (unpaired) electrons. The number of aldehydes is 1. The first-order valence-corrected chi connectivity index (χ1v) is 5.77. The maximum Gasteiger partial charge on any atom is 0.150 e. The summed E-state index contributed by atoms with van der Waals surface area (Å²) in [5, 5.41) is 0. The molecule has 0 saturated heterocycles. The SMILES string of the molecule is O=CC1=C(CCl)C=IC=C1. The van der Waals surface area contributed by atoms with E-state index in [1.165, 1.54) is 0 Å². The van der Waals surface area contributed by atoms with E-state index < -0.39 is 0 Å². The molecule has 1 rings (SSSR count). The minimum Gasteiger partial charge on any atom is -0.298 e. The van der Waals surface area contributed by atoms with E-state index in [0.29, 0.717) is 5.88 Å². The molecule has 3 heteroatoms. The van der Waals surface area contributed by atoms with Gasteiger partial charge in [0.15, 0.2) is 0 Å². The van der Waals surface area contributed by atoms with E-state index in [2.05, 4.69) is 8.09 Å². The van der Waals surface area contributed by atoms with Crippen LogP contribution in [0.15, 0.2) is 21.3 Å². The van der Waals surface area contributed by atoms with E-state index in [1.54, 1.807) is 0 Å². The Kier molecular flexibility index (Phi) is 3.28. The normalized spacial score (nSPS) is 16.9. The fourth-order valence-corrected chi connectivity index (χ4v) is 2.92. The van der Waals surface area contributed by atoms with Crippen molar-refractivity contribution in [3.63, 3.8) is 0 Å². The smallest absolute Gasteiger partial charge is 0.150 e. The Balaban J connectivity index is 2.97. The van der Waals surface area contributed by atoms with E-state index >= 15 is 0 Å². The van der Waals surface area contributed by atoms with Crippen molar-refractivity contribution in [1.82, 2.24) is 0 Å². The summed E-state index contributed by atoms with van der Waals surface area (Å²) in [4.78, 5) is 10.4. The monoisotopic (exact) mass is 268 g/mol. The molecule has 0 unspecified atom stereocenters. The highest BCUT2D eigenvalue weighted by molar-refractivity contribution is 14.2. The van der Waals surface area contributed by atoms with Gasteiger partial charge in [0.25, 0.3) is 0 Å². The first kappa shape index (κ1) is 8.14. The van der Waals surface area contributed by atoms with Gasteiger partial charge in [-0.05, 0) is 19.7 Å². The van der Waals surface area contributed by atoms with Crippen LogP contribution in [0.1, 0.15) is 0 Å². The molecule has 1 aliphatic rings. The number of allylic oxidation sites excluding steroid dienone is 3. The molecule has 0 bridgehead atoms. The molecule has 0 aromatic heterocycles. The second-order valence-corrected chi connectivity index (χ2v) is 4.09. The molecule has 0 aromatic carbocycles.